The highest BCUT2D eigenvalue weighted by Crippen LogP contribution is 2.29. The summed E-state index contributed by atoms with van der Waals surface area (Å²) < 4.78 is 0. The monoisotopic (exact) mass is 263 g/mol. The molecule has 6 heteroatoms. The van der Waals surface area contributed by atoms with Crippen molar-refractivity contribution in [3.05, 3.63) is 24.0 Å². The lowest BCUT2D eigenvalue weighted by Crippen LogP contribution is -2.33. The average molecular weight is 263 g/mol. The Morgan fingerprint density at radius 2 is 2.26 bits per heavy atom. The Hall–Kier alpha value is -2.11. The van der Waals surface area contributed by atoms with Gasteiger partial charge in [0.05, 0.1) is 5.92 Å². The molecule has 1 aliphatic heterocycles. The number of carboxylic acids is 1. The Morgan fingerprint density at radius 1 is 1.53 bits per heavy atom. The molecule has 102 valence electrons. The minimum atomic E-state index is -0.768. The van der Waals surface area contributed by atoms with Crippen LogP contribution in [0.1, 0.15) is 23.8 Å². The van der Waals surface area contributed by atoms with Crippen molar-refractivity contribution in [2.45, 2.75) is 19.4 Å². The van der Waals surface area contributed by atoms with Crippen molar-refractivity contribution < 1.29 is 14.7 Å². The summed E-state index contributed by atoms with van der Waals surface area (Å²) in [6.45, 7) is 2.57. The van der Waals surface area contributed by atoms with E-state index in [0.29, 0.717) is 18.7 Å². The Balaban J connectivity index is 2.23. The van der Waals surface area contributed by atoms with Crippen LogP contribution in [0.5, 0.6) is 0 Å². The van der Waals surface area contributed by atoms with E-state index in [9.17, 15) is 9.59 Å². The highest BCUT2D eigenvalue weighted by Gasteiger charge is 2.35. The number of hydrogen-bond acceptors (Lipinski definition) is 4. The molecule has 0 bridgehead atoms. The number of aliphatic carboxylic acids is 1. The van der Waals surface area contributed by atoms with Crippen LogP contribution in [0.4, 0.5) is 5.69 Å². The van der Waals surface area contributed by atoms with E-state index < -0.39 is 5.97 Å². The zero-order chi connectivity index (χ0) is 14.0. The SMILES string of the molecule is CNC(=O)c1cc(N2CCC(C(=O)O)C2C)ccn1. The van der Waals surface area contributed by atoms with Crippen LogP contribution >= 0.6 is 0 Å². The quantitative estimate of drug-likeness (QED) is 0.840. The summed E-state index contributed by atoms with van der Waals surface area (Å²) in [5.74, 6) is -1.38. The standard InChI is InChI=1S/C13H17N3O3/c1-8-10(13(18)19)4-6-16(8)9-3-5-15-11(7-9)12(17)14-2/h3,5,7-8,10H,4,6H2,1-2H3,(H,14,17)(H,18,19). The summed E-state index contributed by atoms with van der Waals surface area (Å²) in [4.78, 5) is 28.7. The summed E-state index contributed by atoms with van der Waals surface area (Å²) in [5, 5.41) is 11.6. The molecule has 19 heavy (non-hydrogen) atoms. The molecular weight excluding hydrogens is 246 g/mol. The lowest BCUT2D eigenvalue weighted by Gasteiger charge is -2.25. The van der Waals surface area contributed by atoms with Crippen molar-refractivity contribution in [2.75, 3.05) is 18.5 Å². The zero-order valence-electron chi connectivity index (χ0n) is 11.0. The van der Waals surface area contributed by atoms with Crippen molar-refractivity contribution in [1.82, 2.24) is 10.3 Å². The number of carbonyl (C=O) groups excluding carboxylic acids is 1. The molecule has 1 saturated heterocycles. The van der Waals surface area contributed by atoms with Gasteiger partial charge in [0.15, 0.2) is 0 Å². The number of aromatic nitrogens is 1. The Morgan fingerprint density at radius 3 is 2.84 bits per heavy atom. The molecule has 2 atom stereocenters. The molecule has 2 N–H and O–H groups in total. The maximum absolute atomic E-state index is 11.5. The van der Waals surface area contributed by atoms with E-state index in [0.717, 1.165) is 5.69 Å². The smallest absolute Gasteiger partial charge is 0.308 e. The van der Waals surface area contributed by atoms with Crippen LogP contribution in [0.2, 0.25) is 0 Å². The van der Waals surface area contributed by atoms with E-state index in [1.165, 1.54) is 0 Å². The van der Waals surface area contributed by atoms with Gasteiger partial charge < -0.3 is 15.3 Å². The Labute approximate surface area is 111 Å². The second-order valence-electron chi connectivity index (χ2n) is 4.65. The molecule has 6 nitrogen and oxygen atoms in total. The molecule has 2 heterocycles. The van der Waals surface area contributed by atoms with Gasteiger partial charge in [0, 0.05) is 31.5 Å². The number of pyridine rings is 1. The van der Waals surface area contributed by atoms with Crippen LogP contribution in [0.15, 0.2) is 18.3 Å². The van der Waals surface area contributed by atoms with E-state index in [1.54, 1.807) is 25.4 Å². The molecule has 0 aliphatic carbocycles. The maximum atomic E-state index is 11.5. The van der Waals surface area contributed by atoms with Gasteiger partial charge in [-0.2, -0.15) is 0 Å². The first kappa shape index (κ1) is 13.3. The van der Waals surface area contributed by atoms with Crippen molar-refractivity contribution >= 4 is 17.6 Å². The van der Waals surface area contributed by atoms with Gasteiger partial charge in [-0.25, -0.2) is 0 Å². The third kappa shape index (κ3) is 2.52. The van der Waals surface area contributed by atoms with Crippen LogP contribution in [-0.2, 0) is 4.79 Å². The van der Waals surface area contributed by atoms with Crippen molar-refractivity contribution in [3.63, 3.8) is 0 Å². The second kappa shape index (κ2) is 5.26. The number of rotatable bonds is 3. The Kier molecular flexibility index (Phi) is 3.69. The number of nitrogens with one attached hydrogen (secondary N) is 1. The fourth-order valence-corrected chi connectivity index (χ4v) is 2.48. The van der Waals surface area contributed by atoms with Gasteiger partial charge in [-0.15, -0.1) is 0 Å². The van der Waals surface area contributed by atoms with Crippen LogP contribution in [-0.4, -0.2) is 41.6 Å². The van der Waals surface area contributed by atoms with E-state index in [-0.39, 0.29) is 17.9 Å². The zero-order valence-corrected chi connectivity index (χ0v) is 11.0. The molecule has 0 saturated carbocycles. The van der Waals surface area contributed by atoms with Gasteiger partial charge in [0.2, 0.25) is 0 Å². The molecule has 1 aromatic heterocycles. The highest BCUT2D eigenvalue weighted by molar-refractivity contribution is 5.92. The van der Waals surface area contributed by atoms with E-state index in [1.807, 2.05) is 11.8 Å². The predicted octanol–water partition coefficient (Wildman–Crippen LogP) is 0.741. The summed E-state index contributed by atoms with van der Waals surface area (Å²) in [5.41, 5.74) is 1.18. The summed E-state index contributed by atoms with van der Waals surface area (Å²) in [6.07, 6.45) is 2.19. The van der Waals surface area contributed by atoms with Gasteiger partial charge in [-0.1, -0.05) is 0 Å². The normalized spacial score (nSPS) is 22.3. The lowest BCUT2D eigenvalue weighted by molar-refractivity contribution is -0.141. The first-order chi connectivity index (χ1) is 9.04. The van der Waals surface area contributed by atoms with Crippen molar-refractivity contribution in [1.29, 1.82) is 0 Å². The fourth-order valence-electron chi connectivity index (χ4n) is 2.48. The van der Waals surface area contributed by atoms with Crippen LogP contribution in [0.25, 0.3) is 0 Å². The molecule has 0 spiro atoms. The lowest BCUT2D eigenvalue weighted by atomic mass is 10.0. The average Bonchev–Trinajstić information content (AvgIpc) is 2.80. The Bertz CT molecular complexity index is 504. The number of carbonyl (C=O) groups is 2. The topological polar surface area (TPSA) is 82.5 Å². The predicted molar refractivity (Wildman–Crippen MR) is 70.2 cm³/mol. The van der Waals surface area contributed by atoms with Crippen molar-refractivity contribution in [2.24, 2.45) is 5.92 Å². The van der Waals surface area contributed by atoms with Crippen LogP contribution in [0.3, 0.4) is 0 Å². The largest absolute Gasteiger partial charge is 0.481 e. The van der Waals surface area contributed by atoms with Crippen LogP contribution < -0.4 is 10.2 Å². The molecule has 2 unspecified atom stereocenters. The molecular formula is C13H17N3O3. The molecule has 2 rings (SSSR count). The van der Waals surface area contributed by atoms with Crippen molar-refractivity contribution in [3.8, 4) is 0 Å². The van der Waals surface area contributed by atoms with Gasteiger partial charge in [-0.3, -0.25) is 14.6 Å². The van der Waals surface area contributed by atoms with Gasteiger partial charge in [-0.05, 0) is 25.5 Å². The molecule has 1 amide bonds. The third-order valence-electron chi connectivity index (χ3n) is 3.61. The highest BCUT2D eigenvalue weighted by atomic mass is 16.4. The minimum Gasteiger partial charge on any atom is -0.481 e. The third-order valence-corrected chi connectivity index (χ3v) is 3.61. The molecule has 1 fully saturated rings. The number of amides is 1. The minimum absolute atomic E-state index is 0.0857. The summed E-state index contributed by atoms with van der Waals surface area (Å²) >= 11 is 0. The summed E-state index contributed by atoms with van der Waals surface area (Å²) in [6, 6.07) is 3.41. The number of carboxylic acid groups (broad SMARTS) is 1. The number of nitrogens with zero attached hydrogens (tertiary/aromatic N) is 2. The molecule has 1 aliphatic rings. The molecule has 0 aromatic carbocycles. The van der Waals surface area contributed by atoms with Gasteiger partial charge in [0.1, 0.15) is 5.69 Å². The van der Waals surface area contributed by atoms with E-state index in [2.05, 4.69) is 10.3 Å². The second-order valence-corrected chi connectivity index (χ2v) is 4.65. The first-order valence-corrected chi connectivity index (χ1v) is 6.22. The van der Waals surface area contributed by atoms with Gasteiger partial charge in [0.25, 0.3) is 5.91 Å². The van der Waals surface area contributed by atoms with Crippen LogP contribution in [0, 0.1) is 5.92 Å². The number of hydrogen-bond donors (Lipinski definition) is 2. The fraction of sp³-hybridized carbons (Fsp3) is 0.462. The van der Waals surface area contributed by atoms with E-state index in [4.69, 9.17) is 5.11 Å². The maximum Gasteiger partial charge on any atom is 0.308 e. The summed E-state index contributed by atoms with van der Waals surface area (Å²) in [7, 11) is 1.55. The molecule has 0 radical (unpaired) electrons. The first-order valence-electron chi connectivity index (χ1n) is 6.22. The number of anilines is 1. The van der Waals surface area contributed by atoms with Gasteiger partial charge >= 0.3 is 5.97 Å². The molecule has 1 aromatic rings. The van der Waals surface area contributed by atoms with E-state index >= 15 is 0 Å².